The van der Waals surface area contributed by atoms with E-state index in [-0.39, 0.29) is 17.4 Å². The predicted molar refractivity (Wildman–Crippen MR) is 108 cm³/mol. The summed E-state index contributed by atoms with van der Waals surface area (Å²) < 4.78 is 10.9. The number of rotatable bonds is 6. The van der Waals surface area contributed by atoms with Crippen molar-refractivity contribution >= 4 is 28.1 Å². The Balaban J connectivity index is 1.77. The van der Waals surface area contributed by atoms with E-state index in [0.717, 1.165) is 0 Å². The van der Waals surface area contributed by atoms with Crippen LogP contribution in [-0.2, 0) is 0 Å². The Hall–Kier alpha value is -3.40. The molecule has 0 saturated heterocycles. The largest absolute Gasteiger partial charge is 0.504 e. The number of hydrogen-bond donors (Lipinski definition) is 3. The van der Waals surface area contributed by atoms with Gasteiger partial charge in [0.15, 0.2) is 17.2 Å². The Bertz CT molecular complexity index is 1070. The number of hydrazone groups is 1. The highest BCUT2D eigenvalue weighted by Crippen LogP contribution is 2.32. The highest BCUT2D eigenvalue weighted by molar-refractivity contribution is 9.10. The molecule has 0 aliphatic carbocycles. The summed E-state index contributed by atoms with van der Waals surface area (Å²) in [6.45, 7) is 0. The maximum atomic E-state index is 12.3. The number of nitrogens with one attached hydrogen (secondary N) is 2. The molecule has 0 bridgehead atoms. The van der Waals surface area contributed by atoms with Gasteiger partial charge in [-0.1, -0.05) is 15.9 Å². The first-order chi connectivity index (χ1) is 13.5. The smallest absolute Gasteiger partial charge is 0.279 e. The summed E-state index contributed by atoms with van der Waals surface area (Å²) in [6.07, 6.45) is 1.36. The van der Waals surface area contributed by atoms with Gasteiger partial charge in [0.1, 0.15) is 5.75 Å². The average molecular weight is 446 g/mol. The van der Waals surface area contributed by atoms with Crippen LogP contribution in [0.1, 0.15) is 5.56 Å². The lowest BCUT2D eigenvalue weighted by Crippen LogP contribution is -2.15. The van der Waals surface area contributed by atoms with Crippen molar-refractivity contribution in [3.63, 3.8) is 0 Å². The molecule has 2 aromatic carbocycles. The molecule has 144 valence electrons. The molecule has 0 fully saturated rings. The lowest BCUT2D eigenvalue weighted by atomic mass is 10.1. The number of ether oxygens (including phenoxy) is 2. The zero-order valence-corrected chi connectivity index (χ0v) is 16.5. The predicted octanol–water partition coefficient (Wildman–Crippen LogP) is 2.76. The highest BCUT2D eigenvalue weighted by atomic mass is 79.9. The van der Waals surface area contributed by atoms with Crippen molar-refractivity contribution in [2.24, 2.45) is 5.10 Å². The SMILES string of the molecule is COc1ccc(-c2nnc(N/N=C/c3cc(Br)cc(OC)c3O)[nH]c2=O)cc1. The van der Waals surface area contributed by atoms with Gasteiger partial charge in [-0.05, 0) is 36.4 Å². The zero-order chi connectivity index (χ0) is 20.1. The molecule has 0 spiro atoms. The number of aromatic hydroxyl groups is 1. The number of phenolic OH excluding ortho intramolecular Hbond substituents is 1. The summed E-state index contributed by atoms with van der Waals surface area (Å²) >= 11 is 3.32. The molecule has 10 heteroatoms. The third-order valence-electron chi connectivity index (χ3n) is 3.72. The second-order valence-corrected chi connectivity index (χ2v) is 6.41. The van der Waals surface area contributed by atoms with Gasteiger partial charge in [-0.2, -0.15) is 5.10 Å². The number of phenols is 1. The standard InChI is InChI=1S/C18H16BrN5O4/c1-27-13-5-3-10(4-6-13)15-17(26)21-18(24-22-15)23-20-9-11-7-12(19)8-14(28-2)16(11)25/h3-9,25H,1-2H3,(H2,21,23,24,26)/b20-9+. The lowest BCUT2D eigenvalue weighted by molar-refractivity contribution is 0.373. The topological polar surface area (TPSA) is 122 Å². The molecule has 0 atom stereocenters. The maximum absolute atomic E-state index is 12.3. The third kappa shape index (κ3) is 4.29. The van der Waals surface area contributed by atoms with Gasteiger partial charge in [0.25, 0.3) is 5.56 Å². The quantitative estimate of drug-likeness (QED) is 0.393. The number of methoxy groups -OCH3 is 2. The number of aromatic nitrogens is 3. The van der Waals surface area contributed by atoms with Crippen molar-refractivity contribution < 1.29 is 14.6 Å². The molecule has 3 N–H and O–H groups in total. The molecule has 1 heterocycles. The van der Waals surface area contributed by atoms with Crippen LogP contribution in [0.3, 0.4) is 0 Å². The molecule has 9 nitrogen and oxygen atoms in total. The fourth-order valence-electron chi connectivity index (χ4n) is 2.34. The number of H-pyrrole nitrogens is 1. The summed E-state index contributed by atoms with van der Waals surface area (Å²) in [6, 6.07) is 10.2. The summed E-state index contributed by atoms with van der Waals surface area (Å²) in [4.78, 5) is 14.8. The van der Waals surface area contributed by atoms with E-state index in [1.165, 1.54) is 13.3 Å². The monoisotopic (exact) mass is 445 g/mol. The van der Waals surface area contributed by atoms with Gasteiger partial charge >= 0.3 is 0 Å². The van der Waals surface area contributed by atoms with Crippen LogP contribution in [0, 0.1) is 0 Å². The first-order valence-corrected chi connectivity index (χ1v) is 8.78. The molecular formula is C18H16BrN5O4. The normalized spacial score (nSPS) is 10.8. The van der Waals surface area contributed by atoms with E-state index in [2.05, 4.69) is 41.6 Å². The minimum atomic E-state index is -0.426. The molecule has 0 amide bonds. The van der Waals surface area contributed by atoms with Gasteiger partial charge < -0.3 is 14.6 Å². The van der Waals surface area contributed by atoms with Crippen LogP contribution in [0.4, 0.5) is 5.95 Å². The van der Waals surface area contributed by atoms with Crippen LogP contribution in [0.25, 0.3) is 11.3 Å². The van der Waals surface area contributed by atoms with Gasteiger partial charge in [-0.15, -0.1) is 10.2 Å². The molecule has 3 rings (SSSR count). The number of aromatic amines is 1. The molecule has 28 heavy (non-hydrogen) atoms. The van der Waals surface area contributed by atoms with Crippen LogP contribution in [0.5, 0.6) is 17.2 Å². The molecule has 0 saturated carbocycles. The Kier molecular flexibility index (Phi) is 5.90. The third-order valence-corrected chi connectivity index (χ3v) is 4.18. The van der Waals surface area contributed by atoms with Gasteiger partial charge in [0.2, 0.25) is 5.95 Å². The van der Waals surface area contributed by atoms with Gasteiger partial charge in [0.05, 0.1) is 20.4 Å². The molecule has 0 unspecified atom stereocenters. The van der Waals surface area contributed by atoms with Crippen LogP contribution < -0.4 is 20.5 Å². The molecule has 0 aliphatic rings. The highest BCUT2D eigenvalue weighted by Gasteiger charge is 2.09. The fraction of sp³-hybridized carbons (Fsp3) is 0.111. The van der Waals surface area contributed by atoms with Gasteiger partial charge in [-0.3, -0.25) is 9.78 Å². The van der Waals surface area contributed by atoms with Crippen molar-refractivity contribution in [2.45, 2.75) is 0 Å². The second-order valence-electron chi connectivity index (χ2n) is 5.50. The zero-order valence-electron chi connectivity index (χ0n) is 14.9. The van der Waals surface area contributed by atoms with E-state index in [1.54, 1.807) is 43.5 Å². The molecule has 0 aliphatic heterocycles. The number of benzene rings is 2. The fourth-order valence-corrected chi connectivity index (χ4v) is 2.79. The lowest BCUT2D eigenvalue weighted by Gasteiger charge is -2.06. The number of hydrogen-bond acceptors (Lipinski definition) is 8. The Labute approximate surface area is 168 Å². The van der Waals surface area contributed by atoms with E-state index in [1.807, 2.05) is 0 Å². The minimum absolute atomic E-state index is 0.0555. The summed E-state index contributed by atoms with van der Waals surface area (Å²) in [7, 11) is 3.01. The van der Waals surface area contributed by atoms with E-state index in [0.29, 0.717) is 27.1 Å². The molecule has 3 aromatic rings. The first-order valence-electron chi connectivity index (χ1n) is 7.99. The number of halogens is 1. The van der Waals surface area contributed by atoms with E-state index in [4.69, 9.17) is 9.47 Å². The first kappa shape index (κ1) is 19.4. The Morgan fingerprint density at radius 3 is 2.57 bits per heavy atom. The van der Waals surface area contributed by atoms with Gasteiger partial charge in [-0.25, -0.2) is 5.43 Å². The van der Waals surface area contributed by atoms with E-state index in [9.17, 15) is 9.90 Å². The molecular weight excluding hydrogens is 430 g/mol. The molecule has 1 aromatic heterocycles. The minimum Gasteiger partial charge on any atom is -0.504 e. The molecule has 0 radical (unpaired) electrons. The van der Waals surface area contributed by atoms with Crippen LogP contribution >= 0.6 is 15.9 Å². The van der Waals surface area contributed by atoms with Crippen molar-refractivity contribution in [1.29, 1.82) is 0 Å². The summed E-state index contributed by atoms with van der Waals surface area (Å²) in [5.41, 5.74) is 3.33. The second kappa shape index (κ2) is 8.53. The van der Waals surface area contributed by atoms with E-state index >= 15 is 0 Å². The Morgan fingerprint density at radius 2 is 1.93 bits per heavy atom. The number of anilines is 1. The van der Waals surface area contributed by atoms with E-state index < -0.39 is 5.56 Å². The summed E-state index contributed by atoms with van der Waals surface area (Å²) in [5, 5.41) is 21.9. The van der Waals surface area contributed by atoms with Crippen molar-refractivity contribution in [1.82, 2.24) is 15.2 Å². The van der Waals surface area contributed by atoms with Gasteiger partial charge in [0, 0.05) is 15.6 Å². The van der Waals surface area contributed by atoms with Crippen LogP contribution in [-0.4, -0.2) is 40.7 Å². The Morgan fingerprint density at radius 1 is 1.18 bits per heavy atom. The van der Waals surface area contributed by atoms with Crippen LogP contribution in [0.15, 0.2) is 50.8 Å². The number of nitrogens with zero attached hydrogens (tertiary/aromatic N) is 3. The van der Waals surface area contributed by atoms with Crippen molar-refractivity contribution in [3.05, 3.63) is 56.8 Å². The maximum Gasteiger partial charge on any atom is 0.279 e. The average Bonchev–Trinajstić information content (AvgIpc) is 2.70. The van der Waals surface area contributed by atoms with Crippen molar-refractivity contribution in [2.75, 3.05) is 19.6 Å². The van der Waals surface area contributed by atoms with Crippen LogP contribution in [0.2, 0.25) is 0 Å². The summed E-state index contributed by atoms with van der Waals surface area (Å²) in [5.74, 6) is 0.965. The van der Waals surface area contributed by atoms with Crippen molar-refractivity contribution in [3.8, 4) is 28.5 Å².